The summed E-state index contributed by atoms with van der Waals surface area (Å²) in [5, 5.41) is 0. The van der Waals surface area contributed by atoms with Crippen LogP contribution in [-0.4, -0.2) is 30.3 Å². The molecule has 0 unspecified atom stereocenters. The molecular weight excluding hydrogens is 523 g/mol. The predicted octanol–water partition coefficient (Wildman–Crippen LogP) is 7.04. The summed E-state index contributed by atoms with van der Waals surface area (Å²) in [6.45, 7) is 6.29. The average molecular weight is 555 g/mol. The number of hydrogen-bond acceptors (Lipinski definition) is 10. The van der Waals surface area contributed by atoms with Gasteiger partial charge in [0.15, 0.2) is 17.3 Å². The molecule has 4 aromatic rings. The molecule has 0 aliphatic carbocycles. The highest BCUT2D eigenvalue weighted by Gasteiger charge is 2.19. The normalized spacial score (nSPS) is 11.7. The summed E-state index contributed by atoms with van der Waals surface area (Å²) >= 11 is 0. The fourth-order valence-electron chi connectivity index (χ4n) is 3.59. The van der Waals surface area contributed by atoms with Crippen LogP contribution >= 0.6 is 7.60 Å². The standard InChI is InChI=1S/C28H31N2O8P/c1-5-36-39(31,37-6-2)16-13-22-9-7-14-29-27(22)35-18-21-11-12-24(26(17-21)32-4)34-19-23-20(3)38-28(30-23)25-10-8-15-33-25/h7-17H,5-6,18-19H2,1-4H3. The topological polar surface area (TPSA) is 115 Å². The molecule has 0 fully saturated rings. The van der Waals surface area contributed by atoms with Crippen LogP contribution in [0.4, 0.5) is 0 Å². The summed E-state index contributed by atoms with van der Waals surface area (Å²) in [7, 11) is -1.78. The maximum atomic E-state index is 12.8. The van der Waals surface area contributed by atoms with Crippen LogP contribution in [0.2, 0.25) is 0 Å². The Labute approximate surface area is 227 Å². The van der Waals surface area contributed by atoms with E-state index in [0.29, 0.717) is 46.0 Å². The highest BCUT2D eigenvalue weighted by atomic mass is 31.2. The summed E-state index contributed by atoms with van der Waals surface area (Å²) in [6, 6.07) is 12.6. The quantitative estimate of drug-likeness (QED) is 0.150. The molecule has 39 heavy (non-hydrogen) atoms. The minimum absolute atomic E-state index is 0.194. The Morgan fingerprint density at radius 3 is 2.54 bits per heavy atom. The number of ether oxygens (including phenoxy) is 3. The van der Waals surface area contributed by atoms with Gasteiger partial charge >= 0.3 is 7.60 Å². The van der Waals surface area contributed by atoms with E-state index in [4.69, 9.17) is 32.1 Å². The Bertz CT molecular complexity index is 1420. The Morgan fingerprint density at radius 2 is 1.82 bits per heavy atom. The van der Waals surface area contributed by atoms with Crippen LogP contribution in [-0.2, 0) is 26.8 Å². The summed E-state index contributed by atoms with van der Waals surface area (Å²) in [5.41, 5.74) is 2.14. The lowest BCUT2D eigenvalue weighted by atomic mass is 10.2. The van der Waals surface area contributed by atoms with Gasteiger partial charge < -0.3 is 32.1 Å². The van der Waals surface area contributed by atoms with E-state index in [2.05, 4.69) is 9.97 Å². The van der Waals surface area contributed by atoms with E-state index in [1.165, 1.54) is 5.82 Å². The molecule has 10 nitrogen and oxygen atoms in total. The molecule has 3 heterocycles. The molecule has 206 valence electrons. The number of benzene rings is 1. The zero-order chi connectivity index (χ0) is 27.7. The SMILES string of the molecule is CCOP(=O)(C=Cc1cccnc1OCc1ccc(OCc2nc(-c3ccco3)oc2C)c(OC)c1)OCC. The minimum atomic E-state index is -3.35. The van der Waals surface area contributed by atoms with Gasteiger partial charge in [-0.25, -0.2) is 9.97 Å². The molecule has 0 N–H and O–H groups in total. The van der Waals surface area contributed by atoms with Crippen molar-refractivity contribution in [2.45, 2.75) is 34.0 Å². The van der Waals surface area contributed by atoms with Gasteiger partial charge in [0, 0.05) is 17.6 Å². The van der Waals surface area contributed by atoms with Crippen molar-refractivity contribution in [1.82, 2.24) is 9.97 Å². The highest BCUT2D eigenvalue weighted by molar-refractivity contribution is 7.57. The molecule has 0 aliphatic rings. The maximum Gasteiger partial charge on any atom is 0.354 e. The first-order valence-corrected chi connectivity index (χ1v) is 14.0. The van der Waals surface area contributed by atoms with Crippen LogP contribution in [0.25, 0.3) is 17.7 Å². The largest absolute Gasteiger partial charge is 0.493 e. The molecule has 1 aromatic carbocycles. The van der Waals surface area contributed by atoms with E-state index in [1.807, 2.05) is 25.1 Å². The molecule has 4 rings (SSSR count). The zero-order valence-electron chi connectivity index (χ0n) is 22.3. The first kappa shape index (κ1) is 28.2. The smallest absolute Gasteiger partial charge is 0.354 e. The minimum Gasteiger partial charge on any atom is -0.493 e. The Hall–Kier alpha value is -3.85. The van der Waals surface area contributed by atoms with Gasteiger partial charge in [-0.3, -0.25) is 4.57 Å². The van der Waals surface area contributed by atoms with Gasteiger partial charge in [0.2, 0.25) is 5.88 Å². The fourth-order valence-corrected chi connectivity index (χ4v) is 4.90. The molecule has 0 radical (unpaired) electrons. The second-order valence-corrected chi connectivity index (χ2v) is 10.0. The first-order chi connectivity index (χ1) is 18.9. The lowest BCUT2D eigenvalue weighted by Crippen LogP contribution is -2.02. The van der Waals surface area contributed by atoms with E-state index >= 15 is 0 Å². The second kappa shape index (κ2) is 13.3. The summed E-state index contributed by atoms with van der Waals surface area (Å²) < 4.78 is 51.9. The van der Waals surface area contributed by atoms with Gasteiger partial charge in [-0.15, -0.1) is 0 Å². The average Bonchev–Trinajstić information content (AvgIpc) is 3.60. The second-order valence-electron chi connectivity index (χ2n) is 8.15. The van der Waals surface area contributed by atoms with E-state index in [0.717, 1.165) is 5.56 Å². The van der Waals surface area contributed by atoms with Crippen molar-refractivity contribution in [2.75, 3.05) is 20.3 Å². The van der Waals surface area contributed by atoms with Gasteiger partial charge in [0.25, 0.3) is 5.89 Å². The number of pyridine rings is 1. The van der Waals surface area contributed by atoms with Crippen molar-refractivity contribution in [3.63, 3.8) is 0 Å². The van der Waals surface area contributed by atoms with E-state index in [9.17, 15) is 4.57 Å². The molecule has 0 saturated carbocycles. The van der Waals surface area contributed by atoms with Gasteiger partial charge in [-0.1, -0.05) is 6.07 Å². The lowest BCUT2D eigenvalue weighted by Gasteiger charge is -2.14. The van der Waals surface area contributed by atoms with Gasteiger partial charge in [0.1, 0.15) is 24.7 Å². The molecular formula is C28H31N2O8P. The van der Waals surface area contributed by atoms with Gasteiger partial charge in [0.05, 0.1) is 26.6 Å². The summed E-state index contributed by atoms with van der Waals surface area (Å²) in [4.78, 5) is 8.79. The third kappa shape index (κ3) is 7.38. The summed E-state index contributed by atoms with van der Waals surface area (Å²) in [5.74, 6) is 4.48. The monoisotopic (exact) mass is 554 g/mol. The fraction of sp³-hybridized carbons (Fsp3) is 0.286. The van der Waals surface area contributed by atoms with Crippen molar-refractivity contribution in [3.05, 3.63) is 83.3 Å². The van der Waals surface area contributed by atoms with E-state index < -0.39 is 7.60 Å². The van der Waals surface area contributed by atoms with Crippen LogP contribution in [0.5, 0.6) is 17.4 Å². The highest BCUT2D eigenvalue weighted by Crippen LogP contribution is 2.50. The third-order valence-corrected chi connectivity index (χ3v) is 7.20. The van der Waals surface area contributed by atoms with Crippen molar-refractivity contribution in [2.24, 2.45) is 0 Å². The zero-order valence-corrected chi connectivity index (χ0v) is 23.2. The molecule has 0 atom stereocenters. The number of hydrogen-bond donors (Lipinski definition) is 0. The van der Waals surface area contributed by atoms with Crippen LogP contribution in [0.15, 0.2) is 69.6 Å². The third-order valence-electron chi connectivity index (χ3n) is 5.45. The Morgan fingerprint density at radius 1 is 1.00 bits per heavy atom. The molecule has 3 aromatic heterocycles. The number of aryl methyl sites for hydroxylation is 1. The number of rotatable bonds is 14. The summed E-state index contributed by atoms with van der Waals surface area (Å²) in [6.07, 6.45) is 4.82. The maximum absolute atomic E-state index is 12.8. The van der Waals surface area contributed by atoms with Crippen LogP contribution in [0.3, 0.4) is 0 Å². The lowest BCUT2D eigenvalue weighted by molar-refractivity contribution is 0.229. The molecule has 0 spiro atoms. The predicted molar refractivity (Wildman–Crippen MR) is 145 cm³/mol. The first-order valence-electron chi connectivity index (χ1n) is 12.4. The van der Waals surface area contributed by atoms with Crippen LogP contribution in [0.1, 0.15) is 36.4 Å². The molecule has 0 saturated heterocycles. The van der Waals surface area contributed by atoms with Crippen molar-refractivity contribution in [3.8, 4) is 29.0 Å². The number of methoxy groups -OCH3 is 1. The van der Waals surface area contributed by atoms with Crippen molar-refractivity contribution < 1.29 is 36.7 Å². The Kier molecular flexibility index (Phi) is 9.59. The molecule has 0 amide bonds. The molecule has 11 heteroatoms. The van der Waals surface area contributed by atoms with Gasteiger partial charge in [-0.05, 0) is 68.8 Å². The van der Waals surface area contributed by atoms with Gasteiger partial charge in [-0.2, -0.15) is 0 Å². The van der Waals surface area contributed by atoms with Crippen LogP contribution in [0, 0.1) is 6.92 Å². The number of furan rings is 1. The van der Waals surface area contributed by atoms with Crippen molar-refractivity contribution in [1.29, 1.82) is 0 Å². The number of aromatic nitrogens is 2. The van der Waals surface area contributed by atoms with Crippen molar-refractivity contribution >= 4 is 13.7 Å². The van der Waals surface area contributed by atoms with E-state index in [-0.39, 0.29) is 26.4 Å². The van der Waals surface area contributed by atoms with E-state index in [1.54, 1.807) is 63.8 Å². The number of oxazole rings is 1. The Balaban J connectivity index is 1.42. The number of nitrogens with zero attached hydrogens (tertiary/aromatic N) is 2. The molecule has 0 bridgehead atoms. The van der Waals surface area contributed by atoms with Crippen LogP contribution < -0.4 is 14.2 Å². The molecule has 0 aliphatic heterocycles.